The van der Waals surface area contributed by atoms with Crippen molar-refractivity contribution in [3.05, 3.63) is 0 Å². The Bertz CT molecular complexity index is 206. The van der Waals surface area contributed by atoms with Gasteiger partial charge in [-0.1, -0.05) is 34.6 Å². The van der Waals surface area contributed by atoms with Gasteiger partial charge < -0.3 is 10.1 Å². The molecule has 0 amide bonds. The van der Waals surface area contributed by atoms with Gasteiger partial charge in [0.05, 0.1) is 7.11 Å². The second kappa shape index (κ2) is 6.89. The molecule has 96 valence electrons. The van der Waals surface area contributed by atoms with Gasteiger partial charge in [0, 0.05) is 0 Å². The van der Waals surface area contributed by atoms with Crippen molar-refractivity contribution in [1.29, 1.82) is 0 Å². The molecule has 0 bridgehead atoms. The van der Waals surface area contributed by atoms with E-state index in [1.807, 2.05) is 0 Å². The molecule has 0 aliphatic rings. The molecule has 3 nitrogen and oxygen atoms in total. The van der Waals surface area contributed by atoms with Crippen molar-refractivity contribution in [3.63, 3.8) is 0 Å². The maximum absolute atomic E-state index is 11.5. The van der Waals surface area contributed by atoms with Crippen LogP contribution in [0.4, 0.5) is 0 Å². The van der Waals surface area contributed by atoms with Crippen LogP contribution < -0.4 is 5.32 Å². The van der Waals surface area contributed by atoms with Crippen molar-refractivity contribution in [2.75, 3.05) is 13.7 Å². The third-order valence-electron chi connectivity index (χ3n) is 2.46. The molecule has 1 atom stereocenters. The Balaban J connectivity index is 4.07. The minimum atomic E-state index is -0.160. The van der Waals surface area contributed by atoms with Crippen LogP contribution in [0.3, 0.4) is 0 Å². The minimum absolute atomic E-state index is 0.150. The van der Waals surface area contributed by atoms with Crippen molar-refractivity contribution in [2.45, 2.75) is 53.5 Å². The van der Waals surface area contributed by atoms with Gasteiger partial charge in [0.15, 0.2) is 0 Å². The van der Waals surface area contributed by atoms with Gasteiger partial charge in [-0.25, -0.2) is 0 Å². The average Bonchev–Trinajstić information content (AvgIpc) is 2.12. The minimum Gasteiger partial charge on any atom is -0.468 e. The van der Waals surface area contributed by atoms with Crippen LogP contribution in [0, 0.1) is 11.3 Å². The number of methoxy groups -OCH3 is 1. The molecular weight excluding hydrogens is 202 g/mol. The van der Waals surface area contributed by atoms with Crippen LogP contribution >= 0.6 is 0 Å². The lowest BCUT2D eigenvalue weighted by molar-refractivity contribution is -0.143. The SMILES string of the molecule is COC(=O)C(CC(C)C)NCCC(C)(C)C. The highest BCUT2D eigenvalue weighted by Gasteiger charge is 2.20. The zero-order chi connectivity index (χ0) is 12.8. The number of ether oxygens (including phenoxy) is 1. The highest BCUT2D eigenvalue weighted by Crippen LogP contribution is 2.17. The van der Waals surface area contributed by atoms with E-state index in [1.54, 1.807) is 0 Å². The summed E-state index contributed by atoms with van der Waals surface area (Å²) in [5.41, 5.74) is 0.297. The monoisotopic (exact) mass is 229 g/mol. The van der Waals surface area contributed by atoms with Gasteiger partial charge in [0.2, 0.25) is 0 Å². The summed E-state index contributed by atoms with van der Waals surface area (Å²) >= 11 is 0. The molecule has 0 saturated heterocycles. The Morgan fingerprint density at radius 1 is 1.31 bits per heavy atom. The Morgan fingerprint density at radius 3 is 2.25 bits per heavy atom. The molecule has 3 heteroatoms. The van der Waals surface area contributed by atoms with Crippen molar-refractivity contribution >= 4 is 5.97 Å². The standard InChI is InChI=1S/C13H27NO2/c1-10(2)9-11(12(15)16-6)14-8-7-13(3,4)5/h10-11,14H,7-9H2,1-6H3. The summed E-state index contributed by atoms with van der Waals surface area (Å²) in [6.07, 6.45) is 1.88. The van der Waals surface area contributed by atoms with Crippen LogP contribution in [0.1, 0.15) is 47.5 Å². The van der Waals surface area contributed by atoms with E-state index in [0.717, 1.165) is 19.4 Å². The van der Waals surface area contributed by atoms with Crippen molar-refractivity contribution in [2.24, 2.45) is 11.3 Å². The van der Waals surface area contributed by atoms with E-state index in [4.69, 9.17) is 4.74 Å². The lowest BCUT2D eigenvalue weighted by Gasteiger charge is -2.22. The number of esters is 1. The second-order valence-corrected chi connectivity index (χ2v) is 5.97. The van der Waals surface area contributed by atoms with E-state index in [2.05, 4.69) is 39.9 Å². The molecular formula is C13H27NO2. The first kappa shape index (κ1) is 15.4. The van der Waals surface area contributed by atoms with Crippen LogP contribution in [-0.4, -0.2) is 25.7 Å². The number of hydrogen-bond donors (Lipinski definition) is 1. The maximum atomic E-state index is 11.5. The van der Waals surface area contributed by atoms with Gasteiger partial charge >= 0.3 is 5.97 Å². The van der Waals surface area contributed by atoms with E-state index >= 15 is 0 Å². The quantitative estimate of drug-likeness (QED) is 0.711. The van der Waals surface area contributed by atoms with Gasteiger partial charge in [0.1, 0.15) is 6.04 Å². The Hall–Kier alpha value is -0.570. The molecule has 0 spiro atoms. The lowest BCUT2D eigenvalue weighted by Crippen LogP contribution is -2.40. The van der Waals surface area contributed by atoms with Gasteiger partial charge in [-0.2, -0.15) is 0 Å². The Kier molecular flexibility index (Phi) is 6.65. The van der Waals surface area contributed by atoms with E-state index in [0.29, 0.717) is 11.3 Å². The predicted octanol–water partition coefficient (Wildman–Crippen LogP) is 2.60. The molecule has 0 rings (SSSR count). The maximum Gasteiger partial charge on any atom is 0.322 e. The topological polar surface area (TPSA) is 38.3 Å². The average molecular weight is 229 g/mol. The fourth-order valence-corrected chi connectivity index (χ4v) is 1.50. The third kappa shape index (κ3) is 7.69. The largest absolute Gasteiger partial charge is 0.468 e. The van der Waals surface area contributed by atoms with E-state index in [9.17, 15) is 4.79 Å². The van der Waals surface area contributed by atoms with Crippen LogP contribution in [0.25, 0.3) is 0 Å². The molecule has 0 aromatic carbocycles. The first-order chi connectivity index (χ1) is 7.26. The fourth-order valence-electron chi connectivity index (χ4n) is 1.50. The Labute approximate surface area is 99.9 Å². The number of carbonyl (C=O) groups excluding carboxylic acids is 1. The normalized spacial score (nSPS) is 13.9. The van der Waals surface area contributed by atoms with Gasteiger partial charge in [-0.15, -0.1) is 0 Å². The number of hydrogen-bond acceptors (Lipinski definition) is 3. The predicted molar refractivity (Wildman–Crippen MR) is 67.3 cm³/mol. The van der Waals surface area contributed by atoms with E-state index in [-0.39, 0.29) is 12.0 Å². The molecule has 0 aliphatic carbocycles. The fraction of sp³-hybridized carbons (Fsp3) is 0.923. The summed E-state index contributed by atoms with van der Waals surface area (Å²) < 4.78 is 4.79. The molecule has 0 radical (unpaired) electrons. The zero-order valence-electron chi connectivity index (χ0n) is 11.6. The molecule has 0 saturated carbocycles. The number of rotatable bonds is 6. The van der Waals surface area contributed by atoms with Crippen LogP contribution in [-0.2, 0) is 9.53 Å². The van der Waals surface area contributed by atoms with Crippen molar-refractivity contribution < 1.29 is 9.53 Å². The highest BCUT2D eigenvalue weighted by molar-refractivity contribution is 5.75. The zero-order valence-corrected chi connectivity index (χ0v) is 11.6. The summed E-state index contributed by atoms with van der Waals surface area (Å²) in [7, 11) is 1.45. The van der Waals surface area contributed by atoms with Crippen LogP contribution in [0.15, 0.2) is 0 Å². The van der Waals surface area contributed by atoms with E-state index in [1.165, 1.54) is 7.11 Å². The first-order valence-corrected chi connectivity index (χ1v) is 6.07. The molecule has 0 aromatic heterocycles. The Morgan fingerprint density at radius 2 is 1.88 bits per heavy atom. The molecule has 0 aliphatic heterocycles. The van der Waals surface area contributed by atoms with Gasteiger partial charge in [-0.05, 0) is 30.7 Å². The number of nitrogens with one attached hydrogen (secondary N) is 1. The molecule has 0 fully saturated rings. The number of carbonyl (C=O) groups is 1. The van der Waals surface area contributed by atoms with Gasteiger partial charge in [-0.3, -0.25) is 4.79 Å². The summed E-state index contributed by atoms with van der Waals surface area (Å²) in [6, 6.07) is -0.160. The molecule has 0 aromatic rings. The van der Waals surface area contributed by atoms with Crippen LogP contribution in [0.5, 0.6) is 0 Å². The van der Waals surface area contributed by atoms with Crippen molar-refractivity contribution in [3.8, 4) is 0 Å². The van der Waals surface area contributed by atoms with Gasteiger partial charge in [0.25, 0.3) is 0 Å². The molecule has 16 heavy (non-hydrogen) atoms. The third-order valence-corrected chi connectivity index (χ3v) is 2.46. The lowest BCUT2D eigenvalue weighted by atomic mass is 9.92. The summed E-state index contributed by atoms with van der Waals surface area (Å²) in [5.74, 6) is 0.342. The van der Waals surface area contributed by atoms with Crippen molar-refractivity contribution in [1.82, 2.24) is 5.32 Å². The smallest absolute Gasteiger partial charge is 0.322 e. The molecule has 1 unspecified atom stereocenters. The van der Waals surface area contributed by atoms with E-state index < -0.39 is 0 Å². The van der Waals surface area contributed by atoms with Crippen LogP contribution in [0.2, 0.25) is 0 Å². The molecule has 0 heterocycles. The summed E-state index contributed by atoms with van der Waals surface area (Å²) in [6.45, 7) is 11.7. The highest BCUT2D eigenvalue weighted by atomic mass is 16.5. The summed E-state index contributed by atoms with van der Waals surface area (Å²) in [4.78, 5) is 11.5. The first-order valence-electron chi connectivity index (χ1n) is 6.07. The molecule has 1 N–H and O–H groups in total. The summed E-state index contributed by atoms with van der Waals surface area (Å²) in [5, 5.41) is 3.28. The second-order valence-electron chi connectivity index (χ2n) is 5.97.